The third-order valence-corrected chi connectivity index (χ3v) is 3.73. The van der Waals surface area contributed by atoms with E-state index < -0.39 is 5.82 Å². The second kappa shape index (κ2) is 6.00. The molecule has 110 valence electrons. The normalized spacial score (nSPS) is 14.2. The molecule has 0 unspecified atom stereocenters. The molecule has 2 aromatic rings. The number of halogens is 2. The molecule has 1 aliphatic carbocycles. The molecule has 21 heavy (non-hydrogen) atoms. The molecule has 1 aliphatic rings. The minimum atomic E-state index is -0.391. The van der Waals surface area contributed by atoms with Crippen LogP contribution in [0.25, 0.3) is 0 Å². The number of nitrogens with zero attached hydrogens (tertiary/aromatic N) is 1. The average Bonchev–Trinajstić information content (AvgIpc) is 3.25. The van der Waals surface area contributed by atoms with E-state index in [1.54, 1.807) is 6.07 Å². The van der Waals surface area contributed by atoms with Crippen molar-refractivity contribution >= 4 is 11.6 Å². The summed E-state index contributed by atoms with van der Waals surface area (Å²) in [4.78, 5) is 4.42. The van der Waals surface area contributed by atoms with E-state index in [4.69, 9.17) is 16.3 Å². The summed E-state index contributed by atoms with van der Waals surface area (Å²) in [6.07, 6.45) is 2.52. The molecule has 0 bridgehead atoms. The van der Waals surface area contributed by atoms with Gasteiger partial charge in [-0.25, -0.2) is 9.37 Å². The number of pyridine rings is 1. The number of aromatic nitrogens is 1. The summed E-state index contributed by atoms with van der Waals surface area (Å²) >= 11 is 5.94. The van der Waals surface area contributed by atoms with E-state index in [1.165, 1.54) is 31.0 Å². The van der Waals surface area contributed by atoms with Crippen LogP contribution in [0.2, 0.25) is 5.02 Å². The number of hydrogen-bond acceptors (Lipinski definition) is 3. The molecule has 1 aromatic heterocycles. The topological polar surface area (TPSA) is 34.1 Å². The summed E-state index contributed by atoms with van der Waals surface area (Å²) < 4.78 is 18.6. The Labute approximate surface area is 128 Å². The monoisotopic (exact) mass is 306 g/mol. The Kier molecular flexibility index (Phi) is 4.08. The Balaban J connectivity index is 1.71. The zero-order chi connectivity index (χ0) is 14.8. The number of ether oxygens (including phenoxy) is 1. The Morgan fingerprint density at radius 3 is 2.81 bits per heavy atom. The largest absolute Gasteiger partial charge is 0.437 e. The second-order valence-corrected chi connectivity index (χ2v) is 5.63. The first kappa shape index (κ1) is 14.3. The van der Waals surface area contributed by atoms with Crippen LogP contribution >= 0.6 is 11.6 Å². The predicted molar refractivity (Wildman–Crippen MR) is 80.3 cm³/mol. The number of hydrogen-bond donors (Lipinski definition) is 1. The fourth-order valence-corrected chi connectivity index (χ4v) is 2.23. The van der Waals surface area contributed by atoms with Gasteiger partial charge in [0.25, 0.3) is 0 Å². The minimum absolute atomic E-state index is 0.230. The second-order valence-electron chi connectivity index (χ2n) is 5.23. The third-order valence-electron chi connectivity index (χ3n) is 3.44. The summed E-state index contributed by atoms with van der Waals surface area (Å²) in [7, 11) is 0. The van der Waals surface area contributed by atoms with Crippen molar-refractivity contribution in [2.24, 2.45) is 0 Å². The van der Waals surface area contributed by atoms with Crippen LogP contribution in [0.4, 0.5) is 4.39 Å². The van der Waals surface area contributed by atoms with Gasteiger partial charge in [-0.15, -0.1) is 0 Å². The number of aryl methyl sites for hydroxylation is 1. The van der Waals surface area contributed by atoms with E-state index >= 15 is 0 Å². The zero-order valence-electron chi connectivity index (χ0n) is 11.7. The van der Waals surface area contributed by atoms with Crippen molar-refractivity contribution in [3.63, 3.8) is 0 Å². The van der Waals surface area contributed by atoms with Crippen molar-refractivity contribution in [3.8, 4) is 11.6 Å². The van der Waals surface area contributed by atoms with Gasteiger partial charge in [-0.2, -0.15) is 0 Å². The Bertz CT molecular complexity index is 659. The lowest BCUT2D eigenvalue weighted by molar-refractivity contribution is 0.459. The molecule has 0 amide bonds. The maximum Gasteiger partial charge on any atom is 0.219 e. The summed E-state index contributed by atoms with van der Waals surface area (Å²) in [5.41, 5.74) is 2.07. The molecular weight excluding hydrogens is 291 g/mol. The molecule has 1 N–H and O–H groups in total. The number of nitrogens with one attached hydrogen (secondary N) is 1. The van der Waals surface area contributed by atoms with Crippen LogP contribution in [0.5, 0.6) is 11.6 Å². The lowest BCUT2D eigenvalue weighted by atomic mass is 10.2. The van der Waals surface area contributed by atoms with Crippen LogP contribution < -0.4 is 10.1 Å². The fraction of sp³-hybridized carbons (Fsp3) is 0.312. The summed E-state index contributed by atoms with van der Waals surface area (Å²) in [5, 5.41) is 3.69. The molecule has 3 rings (SSSR count). The lowest BCUT2D eigenvalue weighted by Crippen LogP contribution is -2.16. The number of benzene rings is 1. The quantitative estimate of drug-likeness (QED) is 0.897. The van der Waals surface area contributed by atoms with Gasteiger partial charge in [-0.3, -0.25) is 0 Å². The third kappa shape index (κ3) is 3.71. The van der Waals surface area contributed by atoms with Gasteiger partial charge in [0.2, 0.25) is 5.88 Å². The highest BCUT2D eigenvalue weighted by molar-refractivity contribution is 6.32. The van der Waals surface area contributed by atoms with Gasteiger partial charge < -0.3 is 10.1 Å². The van der Waals surface area contributed by atoms with Crippen LogP contribution in [-0.4, -0.2) is 11.0 Å². The van der Waals surface area contributed by atoms with Crippen LogP contribution in [0.1, 0.15) is 24.1 Å². The molecular formula is C16H16ClFN2O. The van der Waals surface area contributed by atoms with E-state index in [-0.39, 0.29) is 5.02 Å². The zero-order valence-corrected chi connectivity index (χ0v) is 12.5. The molecule has 1 fully saturated rings. The van der Waals surface area contributed by atoms with E-state index in [9.17, 15) is 4.39 Å². The van der Waals surface area contributed by atoms with Crippen LogP contribution in [0, 0.1) is 12.7 Å². The smallest absolute Gasteiger partial charge is 0.219 e. The van der Waals surface area contributed by atoms with Crippen molar-refractivity contribution in [3.05, 3.63) is 52.4 Å². The fourth-order valence-electron chi connectivity index (χ4n) is 2.02. The standard InChI is InChI=1S/C16H16ClFN2O/c1-10-11(9-19-13-4-5-13)2-7-16(20-10)21-15-6-3-12(18)8-14(15)17/h2-3,6-8,13,19H,4-5,9H2,1H3. The maximum atomic E-state index is 13.0. The van der Waals surface area contributed by atoms with Crippen molar-refractivity contribution in [1.29, 1.82) is 0 Å². The average molecular weight is 307 g/mol. The summed E-state index contributed by atoms with van der Waals surface area (Å²) in [6.45, 7) is 2.77. The molecule has 0 radical (unpaired) electrons. The van der Waals surface area contributed by atoms with E-state index in [0.717, 1.165) is 17.8 Å². The van der Waals surface area contributed by atoms with Crippen molar-refractivity contribution in [1.82, 2.24) is 10.3 Å². The highest BCUT2D eigenvalue weighted by Gasteiger charge is 2.20. The Hall–Kier alpha value is -1.65. The lowest BCUT2D eigenvalue weighted by Gasteiger charge is -2.10. The van der Waals surface area contributed by atoms with Crippen molar-refractivity contribution < 1.29 is 9.13 Å². The highest BCUT2D eigenvalue weighted by atomic mass is 35.5. The van der Waals surface area contributed by atoms with Gasteiger partial charge in [0, 0.05) is 24.3 Å². The van der Waals surface area contributed by atoms with Gasteiger partial charge in [-0.05, 0) is 43.5 Å². The van der Waals surface area contributed by atoms with Crippen LogP contribution in [-0.2, 0) is 6.54 Å². The van der Waals surface area contributed by atoms with Gasteiger partial charge in [0.15, 0.2) is 0 Å². The van der Waals surface area contributed by atoms with Crippen molar-refractivity contribution in [2.45, 2.75) is 32.4 Å². The first-order valence-electron chi connectivity index (χ1n) is 6.94. The van der Waals surface area contributed by atoms with E-state index in [0.29, 0.717) is 17.7 Å². The van der Waals surface area contributed by atoms with Gasteiger partial charge in [0.05, 0.1) is 5.02 Å². The number of rotatable bonds is 5. The molecule has 1 aromatic carbocycles. The van der Waals surface area contributed by atoms with Crippen LogP contribution in [0.3, 0.4) is 0 Å². The van der Waals surface area contributed by atoms with E-state index in [2.05, 4.69) is 10.3 Å². The first-order valence-corrected chi connectivity index (χ1v) is 7.32. The van der Waals surface area contributed by atoms with Gasteiger partial charge >= 0.3 is 0 Å². The molecule has 0 spiro atoms. The van der Waals surface area contributed by atoms with Gasteiger partial charge in [0.1, 0.15) is 11.6 Å². The summed E-state index contributed by atoms with van der Waals surface area (Å²) in [5.74, 6) is 0.461. The summed E-state index contributed by atoms with van der Waals surface area (Å²) in [6, 6.07) is 8.48. The SMILES string of the molecule is Cc1nc(Oc2ccc(F)cc2Cl)ccc1CNC1CC1. The molecule has 0 saturated heterocycles. The molecule has 5 heteroatoms. The highest BCUT2D eigenvalue weighted by Crippen LogP contribution is 2.29. The molecule has 0 aliphatic heterocycles. The van der Waals surface area contributed by atoms with Gasteiger partial charge in [-0.1, -0.05) is 17.7 Å². The van der Waals surface area contributed by atoms with E-state index in [1.807, 2.05) is 13.0 Å². The minimum Gasteiger partial charge on any atom is -0.437 e. The maximum absolute atomic E-state index is 13.0. The predicted octanol–water partition coefficient (Wildman–Crippen LogP) is 4.23. The molecule has 1 heterocycles. The first-order chi connectivity index (χ1) is 10.1. The molecule has 3 nitrogen and oxygen atoms in total. The molecule has 1 saturated carbocycles. The Morgan fingerprint density at radius 1 is 1.33 bits per heavy atom. The van der Waals surface area contributed by atoms with Crippen molar-refractivity contribution in [2.75, 3.05) is 0 Å². The van der Waals surface area contributed by atoms with Crippen LogP contribution in [0.15, 0.2) is 30.3 Å². The Morgan fingerprint density at radius 2 is 2.14 bits per heavy atom. The molecule has 0 atom stereocenters.